The van der Waals surface area contributed by atoms with Crippen LogP contribution in [0.3, 0.4) is 0 Å². The van der Waals surface area contributed by atoms with Crippen molar-refractivity contribution in [3.63, 3.8) is 0 Å². The third-order valence-electron chi connectivity index (χ3n) is 4.61. The van der Waals surface area contributed by atoms with E-state index in [1.54, 1.807) is 6.07 Å². The Labute approximate surface area is 164 Å². The summed E-state index contributed by atoms with van der Waals surface area (Å²) in [4.78, 5) is 27.2. The van der Waals surface area contributed by atoms with Gasteiger partial charge in [0.15, 0.2) is 5.16 Å². The summed E-state index contributed by atoms with van der Waals surface area (Å²) in [5, 5.41) is 12.3. The first-order chi connectivity index (χ1) is 13.1. The Hall–Kier alpha value is -2.32. The monoisotopic (exact) mass is 403 g/mol. The average molecular weight is 404 g/mol. The normalized spacial score (nSPS) is 13.5. The number of benzene rings is 1. The molecule has 0 atom stereocenters. The molecule has 3 aromatic rings. The summed E-state index contributed by atoms with van der Waals surface area (Å²) in [6.45, 7) is 0.377. The van der Waals surface area contributed by atoms with E-state index in [0.29, 0.717) is 22.5 Å². The molecule has 2 N–H and O–H groups in total. The molecule has 1 amide bonds. The molecule has 0 fully saturated rings. The fraction of sp³-hybridized carbons (Fsp3) is 0.333. The second-order valence-electron chi connectivity index (χ2n) is 6.38. The van der Waals surface area contributed by atoms with Gasteiger partial charge in [-0.2, -0.15) is 0 Å². The summed E-state index contributed by atoms with van der Waals surface area (Å²) in [7, 11) is 0. The molecule has 1 aliphatic carbocycles. The number of aryl methyl sites for hydroxylation is 1. The van der Waals surface area contributed by atoms with E-state index in [0.717, 1.165) is 42.5 Å². The molecule has 0 radical (unpaired) electrons. The molecule has 9 heteroatoms. The van der Waals surface area contributed by atoms with Gasteiger partial charge in [-0.15, -0.1) is 10.2 Å². The zero-order valence-corrected chi connectivity index (χ0v) is 16.1. The number of aromatic nitrogens is 4. The van der Waals surface area contributed by atoms with Crippen LogP contribution in [-0.4, -0.2) is 31.2 Å². The van der Waals surface area contributed by atoms with Crippen molar-refractivity contribution in [3.05, 3.63) is 56.5 Å². The van der Waals surface area contributed by atoms with Gasteiger partial charge in [0.2, 0.25) is 11.7 Å². The molecule has 0 unspecified atom stereocenters. The molecule has 0 aliphatic heterocycles. The Kier molecular flexibility index (Phi) is 5.18. The minimum Gasteiger partial charge on any atom is -0.351 e. The maximum Gasteiger partial charge on any atom is 0.255 e. The summed E-state index contributed by atoms with van der Waals surface area (Å²) < 4.78 is 1.88. The van der Waals surface area contributed by atoms with Crippen LogP contribution in [0.25, 0.3) is 5.78 Å². The fourth-order valence-electron chi connectivity index (χ4n) is 3.26. The van der Waals surface area contributed by atoms with Gasteiger partial charge in [0.25, 0.3) is 5.56 Å². The molecule has 0 spiro atoms. The van der Waals surface area contributed by atoms with Crippen molar-refractivity contribution in [2.75, 3.05) is 5.75 Å². The zero-order chi connectivity index (χ0) is 18.8. The highest BCUT2D eigenvalue weighted by Crippen LogP contribution is 2.23. The highest BCUT2D eigenvalue weighted by atomic mass is 35.5. The van der Waals surface area contributed by atoms with Crippen LogP contribution in [0, 0.1) is 0 Å². The minimum absolute atomic E-state index is 0.0846. The smallest absolute Gasteiger partial charge is 0.255 e. The summed E-state index contributed by atoms with van der Waals surface area (Å²) in [5.41, 5.74) is 2.55. The van der Waals surface area contributed by atoms with Crippen LogP contribution in [0.5, 0.6) is 0 Å². The van der Waals surface area contributed by atoms with E-state index >= 15 is 0 Å². The lowest BCUT2D eigenvalue weighted by Gasteiger charge is -2.16. The molecule has 1 aromatic carbocycles. The topological polar surface area (TPSA) is 92.2 Å². The zero-order valence-electron chi connectivity index (χ0n) is 14.5. The molecule has 27 heavy (non-hydrogen) atoms. The molecule has 4 rings (SSSR count). The number of carbonyl (C=O) groups excluding carboxylic acids is 1. The number of nitrogens with one attached hydrogen (secondary N) is 2. The van der Waals surface area contributed by atoms with Gasteiger partial charge in [-0.25, -0.2) is 0 Å². The molecule has 7 nitrogen and oxygen atoms in total. The largest absolute Gasteiger partial charge is 0.351 e. The molecular weight excluding hydrogens is 386 g/mol. The summed E-state index contributed by atoms with van der Waals surface area (Å²) in [5.74, 6) is 0.522. The molecule has 0 bridgehead atoms. The second-order valence-corrected chi connectivity index (χ2v) is 7.73. The molecule has 140 valence electrons. The maximum absolute atomic E-state index is 12.2. The van der Waals surface area contributed by atoms with Crippen LogP contribution in [0.15, 0.2) is 34.2 Å². The standard InChI is InChI=1S/C18H18ClN5O2S/c19-13-7-3-1-5-11(13)9-20-15(25)10-27-18-23-22-17-21-16(26)12-6-2-4-8-14(12)24(17)18/h1,3,5,7H,2,4,6,8-10H2,(H,20,25)(H,21,22,26). The SMILES string of the molecule is O=C(CSc1nnc2[nH]c(=O)c3c(n12)CCCC3)NCc1ccccc1Cl. The van der Waals surface area contributed by atoms with Gasteiger partial charge in [-0.05, 0) is 37.3 Å². The summed E-state index contributed by atoms with van der Waals surface area (Å²) >= 11 is 7.41. The summed E-state index contributed by atoms with van der Waals surface area (Å²) in [6, 6.07) is 7.41. The van der Waals surface area contributed by atoms with Gasteiger partial charge >= 0.3 is 0 Å². The van der Waals surface area contributed by atoms with Crippen LogP contribution in [0.1, 0.15) is 29.7 Å². The Balaban J connectivity index is 1.47. The summed E-state index contributed by atoms with van der Waals surface area (Å²) in [6.07, 6.45) is 3.63. The molecule has 1 aliphatic rings. The van der Waals surface area contributed by atoms with Crippen molar-refractivity contribution < 1.29 is 4.79 Å². The van der Waals surface area contributed by atoms with Crippen molar-refractivity contribution >= 4 is 35.0 Å². The first kappa shape index (κ1) is 18.1. The van der Waals surface area contributed by atoms with Crippen LogP contribution < -0.4 is 10.9 Å². The fourth-order valence-corrected chi connectivity index (χ4v) is 4.25. The van der Waals surface area contributed by atoms with Gasteiger partial charge in [0, 0.05) is 22.8 Å². The van der Waals surface area contributed by atoms with Crippen molar-refractivity contribution in [3.8, 4) is 0 Å². The number of H-pyrrole nitrogens is 1. The van der Waals surface area contributed by atoms with Crippen LogP contribution in [0.2, 0.25) is 5.02 Å². The third kappa shape index (κ3) is 3.72. The number of hydrogen-bond donors (Lipinski definition) is 2. The first-order valence-corrected chi connectivity index (χ1v) is 10.1. The van der Waals surface area contributed by atoms with Crippen molar-refractivity contribution in [1.82, 2.24) is 24.9 Å². The number of rotatable bonds is 5. The highest BCUT2D eigenvalue weighted by Gasteiger charge is 2.20. The van der Waals surface area contributed by atoms with E-state index in [-0.39, 0.29) is 17.2 Å². The van der Waals surface area contributed by atoms with Crippen LogP contribution in [-0.2, 0) is 24.2 Å². The van der Waals surface area contributed by atoms with Crippen molar-refractivity contribution in [2.45, 2.75) is 37.4 Å². The van der Waals surface area contributed by atoms with Gasteiger partial charge in [-0.3, -0.25) is 19.0 Å². The number of hydrogen-bond acceptors (Lipinski definition) is 5. The number of thioether (sulfide) groups is 1. The number of halogens is 1. The molecule has 2 heterocycles. The Morgan fingerprint density at radius 3 is 2.93 bits per heavy atom. The predicted octanol–water partition coefficient (Wildman–Crippen LogP) is 2.36. The Morgan fingerprint density at radius 1 is 1.26 bits per heavy atom. The average Bonchev–Trinajstić information content (AvgIpc) is 3.09. The van der Waals surface area contributed by atoms with E-state index in [1.165, 1.54) is 11.8 Å². The molecule has 0 saturated heterocycles. The van der Waals surface area contributed by atoms with Crippen molar-refractivity contribution in [1.29, 1.82) is 0 Å². The molecular formula is C18H18ClN5O2S. The van der Waals surface area contributed by atoms with Gasteiger partial charge in [-0.1, -0.05) is 41.6 Å². The van der Waals surface area contributed by atoms with E-state index < -0.39 is 0 Å². The van der Waals surface area contributed by atoms with E-state index in [9.17, 15) is 9.59 Å². The predicted molar refractivity (Wildman–Crippen MR) is 104 cm³/mol. The molecule has 0 saturated carbocycles. The van der Waals surface area contributed by atoms with Gasteiger partial charge < -0.3 is 5.32 Å². The second kappa shape index (κ2) is 7.74. The Morgan fingerprint density at radius 2 is 2.07 bits per heavy atom. The quantitative estimate of drug-likeness (QED) is 0.638. The van der Waals surface area contributed by atoms with Crippen LogP contribution >= 0.6 is 23.4 Å². The van der Waals surface area contributed by atoms with E-state index in [1.807, 2.05) is 22.6 Å². The van der Waals surface area contributed by atoms with Crippen molar-refractivity contribution in [2.24, 2.45) is 0 Å². The maximum atomic E-state index is 12.2. The van der Waals surface area contributed by atoms with Gasteiger partial charge in [0.1, 0.15) is 0 Å². The first-order valence-electron chi connectivity index (χ1n) is 8.75. The third-order valence-corrected chi connectivity index (χ3v) is 5.91. The van der Waals surface area contributed by atoms with E-state index in [2.05, 4.69) is 20.5 Å². The van der Waals surface area contributed by atoms with Gasteiger partial charge in [0.05, 0.1) is 5.75 Å². The lowest BCUT2D eigenvalue weighted by molar-refractivity contribution is -0.118. The number of aromatic amines is 1. The lowest BCUT2D eigenvalue weighted by Crippen LogP contribution is -2.25. The lowest BCUT2D eigenvalue weighted by atomic mass is 9.97. The number of nitrogens with zero attached hydrogens (tertiary/aromatic N) is 3. The minimum atomic E-state index is -0.116. The highest BCUT2D eigenvalue weighted by molar-refractivity contribution is 7.99. The number of fused-ring (bicyclic) bond motifs is 3. The molecule has 2 aromatic heterocycles. The van der Waals surface area contributed by atoms with E-state index in [4.69, 9.17) is 11.6 Å². The Bertz CT molecular complexity index is 1060. The number of carbonyl (C=O) groups is 1. The van der Waals surface area contributed by atoms with Crippen LogP contribution in [0.4, 0.5) is 0 Å². The number of amides is 1.